The minimum Gasteiger partial charge on any atom is -0.481 e. The molecule has 1 amide bonds. The fourth-order valence-electron chi connectivity index (χ4n) is 6.45. The zero-order valence-electron chi connectivity index (χ0n) is 20.6. The van der Waals surface area contributed by atoms with Gasteiger partial charge in [0.25, 0.3) is 0 Å². The lowest BCUT2D eigenvalue weighted by Crippen LogP contribution is -2.56. The number of aromatic nitrogens is 1. The number of methoxy groups -OCH3 is 1. The monoisotopic (exact) mass is 620 g/mol. The Morgan fingerprint density at radius 3 is 2.49 bits per heavy atom. The number of ether oxygens (including phenoxy) is 2. The van der Waals surface area contributed by atoms with Crippen LogP contribution in [0.4, 0.5) is 8.78 Å². The maximum absolute atomic E-state index is 14.0. The Kier molecular flexibility index (Phi) is 6.37. The molecule has 2 aromatic carbocycles. The van der Waals surface area contributed by atoms with E-state index in [4.69, 9.17) is 21.1 Å². The summed E-state index contributed by atoms with van der Waals surface area (Å²) in [7, 11) is 1.35. The van der Waals surface area contributed by atoms with Crippen molar-refractivity contribution in [2.45, 2.75) is 29.6 Å². The number of likely N-dealkylation sites (tertiary alicyclic amines) is 1. The van der Waals surface area contributed by atoms with Gasteiger partial charge in [-0.25, -0.2) is 13.8 Å². The number of nitrogens with zero attached hydrogens (tertiary/aromatic N) is 2. The molecule has 0 radical (unpaired) electrons. The third kappa shape index (κ3) is 3.65. The maximum atomic E-state index is 14.0. The van der Waals surface area contributed by atoms with E-state index < -0.39 is 47.4 Å². The van der Waals surface area contributed by atoms with Crippen LogP contribution in [0.25, 0.3) is 0 Å². The highest BCUT2D eigenvalue weighted by Crippen LogP contribution is 2.70. The number of amides is 1. The van der Waals surface area contributed by atoms with Crippen LogP contribution in [0.1, 0.15) is 22.6 Å². The fraction of sp³-hybridized carbons (Fsp3) is 0.357. The van der Waals surface area contributed by atoms with Crippen LogP contribution in [-0.2, 0) is 16.0 Å². The molecule has 1 aliphatic carbocycles. The molecule has 3 aliphatic rings. The van der Waals surface area contributed by atoms with E-state index in [0.717, 1.165) is 4.47 Å². The Labute approximate surface area is 236 Å². The second kappa shape index (κ2) is 9.40. The Balaban J connectivity index is 1.61. The van der Waals surface area contributed by atoms with Gasteiger partial charge < -0.3 is 24.6 Å². The minimum atomic E-state index is -2.56. The zero-order valence-corrected chi connectivity index (χ0v) is 22.9. The molecule has 3 heterocycles. The summed E-state index contributed by atoms with van der Waals surface area (Å²) in [4.78, 5) is 19.5. The normalized spacial score (nSPS) is 29.5. The molecular weight excluding hydrogens is 598 g/mol. The Bertz CT molecular complexity index is 1430. The number of fused-ring (bicyclic) bond motifs is 3. The quantitative estimate of drug-likeness (QED) is 0.409. The van der Waals surface area contributed by atoms with Crippen LogP contribution in [-0.4, -0.2) is 58.7 Å². The van der Waals surface area contributed by atoms with E-state index in [1.807, 2.05) is 6.07 Å². The van der Waals surface area contributed by atoms with Crippen molar-refractivity contribution in [3.8, 4) is 11.6 Å². The van der Waals surface area contributed by atoms with Gasteiger partial charge in [0.05, 0.1) is 24.5 Å². The van der Waals surface area contributed by atoms with Gasteiger partial charge in [-0.15, -0.1) is 0 Å². The second-order valence-corrected chi connectivity index (χ2v) is 11.4. The molecule has 2 aliphatic heterocycles. The topological polar surface area (TPSA) is 92.1 Å². The summed E-state index contributed by atoms with van der Waals surface area (Å²) in [5.41, 5.74) is -2.79. The highest BCUT2D eigenvalue weighted by molar-refractivity contribution is 9.10. The van der Waals surface area contributed by atoms with Gasteiger partial charge in [0.2, 0.25) is 18.2 Å². The van der Waals surface area contributed by atoms with Crippen molar-refractivity contribution >= 4 is 33.4 Å². The summed E-state index contributed by atoms with van der Waals surface area (Å²) >= 11 is 9.69. The van der Waals surface area contributed by atoms with Crippen molar-refractivity contribution in [3.63, 3.8) is 0 Å². The van der Waals surface area contributed by atoms with Crippen molar-refractivity contribution in [1.82, 2.24) is 9.88 Å². The van der Waals surface area contributed by atoms with Crippen LogP contribution in [0, 0.1) is 11.8 Å². The third-order valence-electron chi connectivity index (χ3n) is 8.19. The molecule has 0 spiro atoms. The number of rotatable bonds is 5. The van der Waals surface area contributed by atoms with Gasteiger partial charge in [0.15, 0.2) is 11.2 Å². The molecular formula is C28H24BrClF2N2O5. The SMILES string of the molecule is COc1nc(Cl)cc2c1[C@]1(O)[C@H](O)[C@H](C(=O)N3CC(C(F)F)C3)[C@@H](c3ccccc3)[C@]1(c1ccc(Br)cc1)O2. The summed E-state index contributed by atoms with van der Waals surface area (Å²) in [5, 5.41) is 24.8. The van der Waals surface area contributed by atoms with Gasteiger partial charge in [-0.1, -0.05) is 70.0 Å². The number of benzene rings is 2. The van der Waals surface area contributed by atoms with Crippen LogP contribution < -0.4 is 9.47 Å². The fourth-order valence-corrected chi connectivity index (χ4v) is 6.89. The van der Waals surface area contributed by atoms with Gasteiger partial charge >= 0.3 is 0 Å². The van der Waals surface area contributed by atoms with Crippen molar-refractivity contribution in [3.05, 3.63) is 87.0 Å². The number of alkyl halides is 2. The summed E-state index contributed by atoms with van der Waals surface area (Å²) in [6, 6.07) is 17.4. The Hall–Kier alpha value is -2.79. The van der Waals surface area contributed by atoms with Crippen molar-refractivity contribution in [1.29, 1.82) is 0 Å². The lowest BCUT2D eigenvalue weighted by atomic mass is 9.70. The number of aliphatic hydroxyl groups excluding tert-OH is 1. The van der Waals surface area contributed by atoms with E-state index in [-0.39, 0.29) is 35.4 Å². The van der Waals surface area contributed by atoms with E-state index in [0.29, 0.717) is 11.1 Å². The number of aliphatic hydroxyl groups is 2. The first-order valence-electron chi connectivity index (χ1n) is 12.4. The van der Waals surface area contributed by atoms with Gasteiger partial charge in [-0.05, 0) is 23.3 Å². The molecule has 204 valence electrons. The van der Waals surface area contributed by atoms with Gasteiger partial charge in [0.1, 0.15) is 17.0 Å². The van der Waals surface area contributed by atoms with Crippen LogP contribution in [0.15, 0.2) is 65.1 Å². The van der Waals surface area contributed by atoms with Gasteiger partial charge in [-0.3, -0.25) is 4.79 Å². The average Bonchev–Trinajstić information content (AvgIpc) is 3.25. The van der Waals surface area contributed by atoms with Crippen molar-refractivity contribution in [2.75, 3.05) is 20.2 Å². The van der Waals surface area contributed by atoms with Gasteiger partial charge in [-0.2, -0.15) is 0 Å². The summed E-state index contributed by atoms with van der Waals surface area (Å²) < 4.78 is 39.5. The molecule has 0 bridgehead atoms. The lowest BCUT2D eigenvalue weighted by molar-refractivity contribution is -0.161. The zero-order chi connectivity index (χ0) is 27.7. The third-order valence-corrected chi connectivity index (χ3v) is 8.91. The van der Waals surface area contributed by atoms with Crippen LogP contribution >= 0.6 is 27.5 Å². The molecule has 6 rings (SSSR count). The Morgan fingerprint density at radius 1 is 1.21 bits per heavy atom. The van der Waals surface area contributed by atoms with Crippen molar-refractivity contribution in [2.24, 2.45) is 11.8 Å². The van der Waals surface area contributed by atoms with Crippen LogP contribution in [0.3, 0.4) is 0 Å². The number of hydrogen-bond acceptors (Lipinski definition) is 6. The van der Waals surface area contributed by atoms with E-state index >= 15 is 0 Å². The van der Waals surface area contributed by atoms with E-state index in [1.165, 1.54) is 18.1 Å². The molecule has 1 saturated carbocycles. The first kappa shape index (κ1) is 26.4. The maximum Gasteiger partial charge on any atom is 0.244 e. The largest absolute Gasteiger partial charge is 0.481 e. The summed E-state index contributed by atoms with van der Waals surface area (Å²) in [5.74, 6) is -3.56. The standard InChI is InChI=1S/C28H24BrClF2N2O5/c1-38-25-22-18(11-19(30)33-25)39-28(16-7-9-17(29)10-8-16)21(14-5-3-2-4-6-14)20(23(35)27(22,28)37)26(36)34-12-15(13-34)24(31)32/h2-11,15,20-21,23-24,35,37H,12-13H2,1H3/t20-,21-,23-,27+,28+/m1/s1. The highest BCUT2D eigenvalue weighted by atomic mass is 79.9. The first-order chi connectivity index (χ1) is 18.6. The van der Waals surface area contributed by atoms with E-state index in [9.17, 15) is 23.8 Å². The van der Waals surface area contributed by atoms with Crippen LogP contribution in [0.2, 0.25) is 5.15 Å². The average molecular weight is 622 g/mol. The first-order valence-corrected chi connectivity index (χ1v) is 13.5. The molecule has 39 heavy (non-hydrogen) atoms. The highest BCUT2D eigenvalue weighted by Gasteiger charge is 2.78. The number of halogens is 4. The molecule has 2 N–H and O–H groups in total. The molecule has 3 aromatic rings. The number of pyridine rings is 1. The Morgan fingerprint density at radius 2 is 1.87 bits per heavy atom. The predicted molar refractivity (Wildman–Crippen MR) is 141 cm³/mol. The van der Waals surface area contributed by atoms with Crippen LogP contribution in [0.5, 0.6) is 11.6 Å². The van der Waals surface area contributed by atoms with E-state index in [2.05, 4.69) is 20.9 Å². The minimum absolute atomic E-state index is 0.0529. The number of hydrogen-bond donors (Lipinski definition) is 2. The molecule has 0 unspecified atom stereocenters. The predicted octanol–water partition coefficient (Wildman–Crippen LogP) is 4.48. The summed E-state index contributed by atoms with van der Waals surface area (Å²) in [6.45, 7) is -0.272. The lowest BCUT2D eigenvalue weighted by Gasteiger charge is -2.42. The molecule has 11 heteroatoms. The van der Waals surface area contributed by atoms with E-state index in [1.54, 1.807) is 48.5 Å². The molecule has 2 fully saturated rings. The number of carbonyl (C=O) groups excluding carboxylic acids is 1. The van der Waals surface area contributed by atoms with Gasteiger partial charge in [0, 0.05) is 29.5 Å². The smallest absolute Gasteiger partial charge is 0.244 e. The molecule has 1 saturated heterocycles. The second-order valence-electron chi connectivity index (χ2n) is 10.1. The molecule has 1 aromatic heterocycles. The number of carbonyl (C=O) groups is 1. The molecule has 5 atom stereocenters. The molecule has 7 nitrogen and oxygen atoms in total. The van der Waals surface area contributed by atoms with Crippen molar-refractivity contribution < 1.29 is 33.3 Å². The summed E-state index contributed by atoms with van der Waals surface area (Å²) in [6.07, 6.45) is -4.27.